The van der Waals surface area contributed by atoms with Crippen molar-refractivity contribution in [2.24, 2.45) is 5.92 Å². The van der Waals surface area contributed by atoms with E-state index in [0.717, 1.165) is 26.5 Å². The number of aliphatic hydroxyl groups excluding tert-OH is 1. The Kier molecular flexibility index (Phi) is 4.71. The average molecular weight is 324 g/mol. The van der Waals surface area contributed by atoms with E-state index in [0.29, 0.717) is 5.92 Å². The van der Waals surface area contributed by atoms with Crippen molar-refractivity contribution in [2.45, 2.75) is 44.6 Å². The summed E-state index contributed by atoms with van der Waals surface area (Å²) in [5.74, 6) is 0.420. The number of hydrogen-bond donors (Lipinski definition) is 1. The first kappa shape index (κ1) is 12.9. The summed E-state index contributed by atoms with van der Waals surface area (Å²) in [4.78, 5) is 1.00. The highest BCUT2D eigenvalue weighted by Crippen LogP contribution is 2.40. The third-order valence-electron chi connectivity index (χ3n) is 3.30. The first-order valence-electron chi connectivity index (χ1n) is 5.81. The lowest BCUT2D eigenvalue weighted by Gasteiger charge is -2.19. The van der Waals surface area contributed by atoms with Crippen LogP contribution in [0.5, 0.6) is 0 Å². The largest absolute Gasteiger partial charge is 0.387 e. The zero-order valence-corrected chi connectivity index (χ0v) is 12.2. The predicted molar refractivity (Wildman–Crippen MR) is 73.2 cm³/mol. The summed E-state index contributed by atoms with van der Waals surface area (Å²) < 4.78 is 1.64. The van der Waals surface area contributed by atoms with Crippen LogP contribution in [0, 0.1) is 5.92 Å². The van der Waals surface area contributed by atoms with Crippen molar-refractivity contribution in [2.75, 3.05) is 0 Å². The fourth-order valence-corrected chi connectivity index (χ4v) is 4.18. The highest BCUT2D eigenvalue weighted by molar-refractivity contribution is 9.10. The molecule has 1 aromatic heterocycles. The van der Waals surface area contributed by atoms with Crippen LogP contribution in [-0.2, 0) is 0 Å². The fraction of sp³-hybridized carbons (Fsp3) is 0.667. The average Bonchev–Trinajstić information content (AvgIpc) is 2.51. The van der Waals surface area contributed by atoms with Crippen molar-refractivity contribution in [3.63, 3.8) is 0 Å². The van der Waals surface area contributed by atoms with Crippen LogP contribution in [0.4, 0.5) is 0 Å². The highest BCUT2D eigenvalue weighted by Gasteiger charge is 2.24. The Bertz CT molecular complexity index is 325. The van der Waals surface area contributed by atoms with Gasteiger partial charge in [-0.3, -0.25) is 0 Å². The molecule has 0 aliphatic heterocycles. The predicted octanol–water partition coefficient (Wildman–Crippen LogP) is 5.17. The topological polar surface area (TPSA) is 20.2 Å². The van der Waals surface area contributed by atoms with Crippen LogP contribution >= 0.6 is 38.9 Å². The Morgan fingerprint density at radius 1 is 1.31 bits per heavy atom. The Hall–Kier alpha value is 0.430. The minimum Gasteiger partial charge on any atom is -0.387 e. The molecule has 1 aliphatic carbocycles. The minimum absolute atomic E-state index is 0.327. The van der Waals surface area contributed by atoms with E-state index in [4.69, 9.17) is 11.6 Å². The highest BCUT2D eigenvalue weighted by atomic mass is 79.9. The van der Waals surface area contributed by atoms with Crippen LogP contribution in [0.3, 0.4) is 0 Å². The van der Waals surface area contributed by atoms with E-state index < -0.39 is 0 Å². The van der Waals surface area contributed by atoms with E-state index in [1.54, 1.807) is 0 Å². The summed E-state index contributed by atoms with van der Waals surface area (Å²) in [5.41, 5.74) is 0. The molecule has 0 radical (unpaired) electrons. The van der Waals surface area contributed by atoms with Crippen LogP contribution in [0.15, 0.2) is 10.5 Å². The lowest BCUT2D eigenvalue weighted by Crippen LogP contribution is -2.10. The van der Waals surface area contributed by atoms with E-state index >= 15 is 0 Å². The zero-order chi connectivity index (χ0) is 11.5. The van der Waals surface area contributed by atoms with Crippen LogP contribution < -0.4 is 0 Å². The second-order valence-corrected chi connectivity index (χ2v) is 7.01. The Morgan fingerprint density at radius 3 is 2.44 bits per heavy atom. The molecule has 16 heavy (non-hydrogen) atoms. The first-order valence-corrected chi connectivity index (χ1v) is 7.80. The van der Waals surface area contributed by atoms with Gasteiger partial charge in [-0.25, -0.2) is 0 Å². The van der Waals surface area contributed by atoms with Gasteiger partial charge in [0.05, 0.1) is 6.10 Å². The molecule has 0 bridgehead atoms. The van der Waals surface area contributed by atoms with E-state index in [9.17, 15) is 5.11 Å². The Labute approximate surface area is 114 Å². The Morgan fingerprint density at radius 2 is 1.94 bits per heavy atom. The van der Waals surface area contributed by atoms with Gasteiger partial charge in [0, 0.05) is 9.35 Å². The van der Waals surface area contributed by atoms with E-state index in [1.165, 1.54) is 37.0 Å². The minimum atomic E-state index is -0.327. The zero-order valence-electron chi connectivity index (χ0n) is 9.09. The molecule has 1 heterocycles. The number of aliphatic hydroxyl groups is 1. The van der Waals surface area contributed by atoms with Gasteiger partial charge >= 0.3 is 0 Å². The molecule has 0 saturated heterocycles. The van der Waals surface area contributed by atoms with Gasteiger partial charge in [0.2, 0.25) is 0 Å². The molecule has 1 N–H and O–H groups in total. The Balaban J connectivity index is 2.07. The summed E-state index contributed by atoms with van der Waals surface area (Å²) in [6, 6.07) is 1.96. The number of thiophene rings is 1. The molecule has 1 aliphatic rings. The number of rotatable bonds is 2. The van der Waals surface area contributed by atoms with Gasteiger partial charge in [-0.05, 0) is 40.8 Å². The van der Waals surface area contributed by atoms with Crippen molar-refractivity contribution in [3.8, 4) is 0 Å². The van der Waals surface area contributed by atoms with Crippen molar-refractivity contribution >= 4 is 38.9 Å². The smallest absolute Gasteiger partial charge is 0.107 e. The molecule has 1 unspecified atom stereocenters. The maximum Gasteiger partial charge on any atom is 0.107 e. The van der Waals surface area contributed by atoms with Gasteiger partial charge in [0.1, 0.15) is 4.34 Å². The summed E-state index contributed by atoms with van der Waals surface area (Å²) >= 11 is 10.9. The van der Waals surface area contributed by atoms with E-state index in [2.05, 4.69) is 15.9 Å². The molecular weight excluding hydrogens is 308 g/mol. The van der Waals surface area contributed by atoms with Crippen LogP contribution in [0.2, 0.25) is 4.34 Å². The van der Waals surface area contributed by atoms with Gasteiger partial charge in [-0.2, -0.15) is 0 Å². The third kappa shape index (κ3) is 3.00. The van der Waals surface area contributed by atoms with Crippen LogP contribution in [-0.4, -0.2) is 5.11 Å². The summed E-state index contributed by atoms with van der Waals surface area (Å²) in [5, 5.41) is 10.3. The summed E-state index contributed by atoms with van der Waals surface area (Å²) in [6.45, 7) is 0. The lowest BCUT2D eigenvalue weighted by molar-refractivity contribution is 0.102. The molecule has 1 fully saturated rings. The van der Waals surface area contributed by atoms with E-state index in [1.807, 2.05) is 6.07 Å². The molecule has 0 aromatic carbocycles. The van der Waals surface area contributed by atoms with Gasteiger partial charge < -0.3 is 5.11 Å². The van der Waals surface area contributed by atoms with Crippen LogP contribution in [0.25, 0.3) is 0 Å². The monoisotopic (exact) mass is 322 g/mol. The summed E-state index contributed by atoms with van der Waals surface area (Å²) in [7, 11) is 0. The van der Waals surface area contributed by atoms with Gasteiger partial charge in [-0.15, -0.1) is 11.3 Å². The second-order valence-electron chi connectivity index (χ2n) is 4.47. The molecule has 0 amide bonds. The molecule has 0 spiro atoms. The molecule has 1 saturated carbocycles. The first-order chi connectivity index (χ1) is 7.68. The van der Waals surface area contributed by atoms with Gasteiger partial charge in [0.15, 0.2) is 0 Å². The standard InChI is InChI=1S/C12H16BrClOS/c13-9-7-10(16-12(9)14)11(15)8-5-3-1-2-4-6-8/h7-8,11,15H,1-6H2. The van der Waals surface area contributed by atoms with Crippen molar-refractivity contribution < 1.29 is 5.11 Å². The van der Waals surface area contributed by atoms with E-state index in [-0.39, 0.29) is 6.10 Å². The SMILES string of the molecule is OC(c1cc(Br)c(Cl)s1)C1CCCCCC1. The maximum absolute atomic E-state index is 10.3. The second kappa shape index (κ2) is 5.85. The van der Waals surface area contributed by atoms with Crippen LogP contribution in [0.1, 0.15) is 49.5 Å². The fourth-order valence-electron chi connectivity index (χ4n) is 2.37. The third-order valence-corrected chi connectivity index (χ3v) is 5.85. The lowest BCUT2D eigenvalue weighted by atomic mass is 9.93. The van der Waals surface area contributed by atoms with Gasteiger partial charge in [0.25, 0.3) is 0 Å². The molecule has 1 aromatic rings. The quantitative estimate of drug-likeness (QED) is 0.745. The summed E-state index contributed by atoms with van der Waals surface area (Å²) in [6.07, 6.45) is 7.11. The normalized spacial score (nSPS) is 20.7. The molecule has 2 rings (SSSR count). The molecule has 1 atom stereocenters. The molecule has 90 valence electrons. The van der Waals surface area contributed by atoms with Crippen molar-refractivity contribution in [1.82, 2.24) is 0 Å². The van der Waals surface area contributed by atoms with Gasteiger partial charge in [-0.1, -0.05) is 37.3 Å². The number of hydrogen-bond acceptors (Lipinski definition) is 2. The molecular formula is C12H16BrClOS. The molecule has 4 heteroatoms. The molecule has 1 nitrogen and oxygen atoms in total. The maximum atomic E-state index is 10.3. The number of halogens is 2. The van der Waals surface area contributed by atoms with Crippen molar-refractivity contribution in [1.29, 1.82) is 0 Å². The van der Waals surface area contributed by atoms with Crippen molar-refractivity contribution in [3.05, 3.63) is 19.8 Å².